The van der Waals surface area contributed by atoms with Crippen LogP contribution in [0, 0.1) is 0 Å². The highest BCUT2D eigenvalue weighted by atomic mass is 16.5. The standard InChI is InChI=1S/C25H22N2O4/c1-30-20-12-8-17(9-13-20)16-27-24(28)22(18-10-14-21(31-2)15-11-18)23(25(27)29)26-19-6-4-3-5-7-19/h3-15,26H,16H2,1-2H3. The summed E-state index contributed by atoms with van der Waals surface area (Å²) in [4.78, 5) is 27.9. The molecule has 2 amide bonds. The van der Waals surface area contributed by atoms with E-state index in [4.69, 9.17) is 9.47 Å². The molecule has 3 aromatic rings. The second-order valence-corrected chi connectivity index (χ2v) is 7.01. The molecular weight excluding hydrogens is 392 g/mol. The monoisotopic (exact) mass is 414 g/mol. The van der Waals surface area contributed by atoms with E-state index in [2.05, 4.69) is 5.32 Å². The van der Waals surface area contributed by atoms with Gasteiger partial charge in [0, 0.05) is 5.69 Å². The number of amides is 2. The lowest BCUT2D eigenvalue weighted by Gasteiger charge is -2.16. The molecule has 0 radical (unpaired) electrons. The van der Waals surface area contributed by atoms with Gasteiger partial charge in [0.1, 0.15) is 17.2 Å². The van der Waals surface area contributed by atoms with E-state index in [1.54, 1.807) is 50.6 Å². The van der Waals surface area contributed by atoms with Gasteiger partial charge in [-0.1, -0.05) is 42.5 Å². The lowest BCUT2D eigenvalue weighted by atomic mass is 10.0. The first-order valence-electron chi connectivity index (χ1n) is 9.80. The zero-order valence-corrected chi connectivity index (χ0v) is 17.3. The van der Waals surface area contributed by atoms with Crippen LogP contribution in [0.1, 0.15) is 11.1 Å². The summed E-state index contributed by atoms with van der Waals surface area (Å²) < 4.78 is 10.4. The number of anilines is 1. The van der Waals surface area contributed by atoms with Crippen LogP contribution in [-0.4, -0.2) is 30.9 Å². The number of imide groups is 1. The molecule has 156 valence electrons. The van der Waals surface area contributed by atoms with Gasteiger partial charge < -0.3 is 14.8 Å². The molecule has 0 fully saturated rings. The molecule has 3 aromatic carbocycles. The summed E-state index contributed by atoms with van der Waals surface area (Å²) in [6.07, 6.45) is 0. The Bertz CT molecular complexity index is 1120. The van der Waals surface area contributed by atoms with Crippen molar-refractivity contribution < 1.29 is 19.1 Å². The number of nitrogens with one attached hydrogen (secondary N) is 1. The zero-order chi connectivity index (χ0) is 21.8. The highest BCUT2D eigenvalue weighted by Crippen LogP contribution is 2.32. The fourth-order valence-corrected chi connectivity index (χ4v) is 3.44. The van der Waals surface area contributed by atoms with E-state index < -0.39 is 0 Å². The molecule has 0 atom stereocenters. The van der Waals surface area contributed by atoms with Crippen molar-refractivity contribution in [1.82, 2.24) is 4.90 Å². The van der Waals surface area contributed by atoms with Crippen LogP contribution < -0.4 is 14.8 Å². The van der Waals surface area contributed by atoms with E-state index in [0.717, 1.165) is 11.3 Å². The lowest BCUT2D eigenvalue weighted by molar-refractivity contribution is -0.137. The van der Waals surface area contributed by atoms with Crippen molar-refractivity contribution in [2.24, 2.45) is 0 Å². The van der Waals surface area contributed by atoms with Crippen LogP contribution in [0.2, 0.25) is 0 Å². The summed E-state index contributed by atoms with van der Waals surface area (Å²) in [7, 11) is 3.17. The SMILES string of the molecule is COc1ccc(CN2C(=O)C(Nc3ccccc3)=C(c3ccc(OC)cc3)C2=O)cc1. The van der Waals surface area contributed by atoms with Crippen molar-refractivity contribution in [2.45, 2.75) is 6.54 Å². The molecule has 1 N–H and O–H groups in total. The minimum Gasteiger partial charge on any atom is -0.497 e. The van der Waals surface area contributed by atoms with E-state index in [1.807, 2.05) is 42.5 Å². The predicted molar refractivity (Wildman–Crippen MR) is 119 cm³/mol. The molecule has 4 rings (SSSR count). The first-order valence-corrected chi connectivity index (χ1v) is 9.80. The number of methoxy groups -OCH3 is 2. The second-order valence-electron chi connectivity index (χ2n) is 7.01. The summed E-state index contributed by atoms with van der Waals surface area (Å²) in [6.45, 7) is 0.168. The van der Waals surface area contributed by atoms with Gasteiger partial charge >= 0.3 is 0 Å². The molecule has 31 heavy (non-hydrogen) atoms. The van der Waals surface area contributed by atoms with Gasteiger partial charge in [0.15, 0.2) is 0 Å². The van der Waals surface area contributed by atoms with Gasteiger partial charge in [-0.25, -0.2) is 0 Å². The summed E-state index contributed by atoms with van der Waals surface area (Å²) in [5.74, 6) is 0.681. The molecule has 0 aliphatic carbocycles. The maximum absolute atomic E-state index is 13.4. The third kappa shape index (κ3) is 4.14. The lowest BCUT2D eigenvalue weighted by Crippen LogP contribution is -2.32. The molecule has 0 saturated carbocycles. The Morgan fingerprint density at radius 1 is 0.742 bits per heavy atom. The molecule has 0 unspecified atom stereocenters. The maximum Gasteiger partial charge on any atom is 0.278 e. The number of hydrogen-bond donors (Lipinski definition) is 1. The number of ether oxygens (including phenoxy) is 2. The normalized spacial score (nSPS) is 13.5. The van der Waals surface area contributed by atoms with Gasteiger partial charge in [-0.15, -0.1) is 0 Å². The molecule has 6 nitrogen and oxygen atoms in total. The number of rotatable bonds is 7. The van der Waals surface area contributed by atoms with Crippen LogP contribution in [0.15, 0.2) is 84.6 Å². The first-order chi connectivity index (χ1) is 15.1. The van der Waals surface area contributed by atoms with E-state index in [-0.39, 0.29) is 24.1 Å². The molecule has 6 heteroatoms. The van der Waals surface area contributed by atoms with Crippen LogP contribution in [0.25, 0.3) is 5.57 Å². The van der Waals surface area contributed by atoms with Gasteiger partial charge in [0.05, 0.1) is 26.3 Å². The Hall–Kier alpha value is -4.06. The fourth-order valence-electron chi connectivity index (χ4n) is 3.44. The average molecular weight is 414 g/mol. The number of hydrogen-bond acceptors (Lipinski definition) is 5. The second kappa shape index (κ2) is 8.75. The van der Waals surface area contributed by atoms with Crippen molar-refractivity contribution in [1.29, 1.82) is 0 Å². The van der Waals surface area contributed by atoms with Gasteiger partial charge in [-0.05, 0) is 47.5 Å². The first kappa shape index (κ1) is 20.2. The zero-order valence-electron chi connectivity index (χ0n) is 17.3. The summed E-state index contributed by atoms with van der Waals surface area (Å²) >= 11 is 0. The Balaban J connectivity index is 1.70. The summed E-state index contributed by atoms with van der Waals surface area (Å²) in [6, 6.07) is 23.7. The van der Waals surface area contributed by atoms with Gasteiger partial charge in [-0.3, -0.25) is 14.5 Å². The summed E-state index contributed by atoms with van der Waals surface area (Å²) in [5, 5.41) is 3.15. The van der Waals surface area contributed by atoms with Crippen LogP contribution in [-0.2, 0) is 16.1 Å². The molecule has 0 bridgehead atoms. The Kier molecular flexibility index (Phi) is 5.71. The van der Waals surface area contributed by atoms with Gasteiger partial charge in [0.25, 0.3) is 11.8 Å². The van der Waals surface area contributed by atoms with Crippen LogP contribution in [0.5, 0.6) is 11.5 Å². The number of para-hydroxylation sites is 1. The van der Waals surface area contributed by atoms with Crippen molar-refractivity contribution in [3.63, 3.8) is 0 Å². The predicted octanol–water partition coefficient (Wildman–Crippen LogP) is 4.10. The minimum atomic E-state index is -0.365. The smallest absolute Gasteiger partial charge is 0.278 e. The van der Waals surface area contributed by atoms with E-state index in [9.17, 15) is 9.59 Å². The number of benzene rings is 3. The summed E-state index contributed by atoms with van der Waals surface area (Å²) in [5.41, 5.74) is 2.81. The molecule has 0 saturated heterocycles. The Morgan fingerprint density at radius 2 is 1.32 bits per heavy atom. The van der Waals surface area contributed by atoms with E-state index >= 15 is 0 Å². The molecule has 1 aliphatic heterocycles. The molecule has 0 spiro atoms. The third-order valence-electron chi connectivity index (χ3n) is 5.09. The van der Waals surface area contributed by atoms with Gasteiger partial charge in [0.2, 0.25) is 0 Å². The van der Waals surface area contributed by atoms with Gasteiger partial charge in [-0.2, -0.15) is 0 Å². The van der Waals surface area contributed by atoms with Crippen LogP contribution >= 0.6 is 0 Å². The maximum atomic E-state index is 13.4. The average Bonchev–Trinajstić information content (AvgIpc) is 3.04. The van der Waals surface area contributed by atoms with Crippen molar-refractivity contribution in [3.8, 4) is 11.5 Å². The highest BCUT2D eigenvalue weighted by molar-refractivity contribution is 6.36. The van der Waals surface area contributed by atoms with Crippen molar-refractivity contribution in [3.05, 3.63) is 95.7 Å². The molecule has 1 heterocycles. The molecular formula is C25H22N2O4. The van der Waals surface area contributed by atoms with Crippen molar-refractivity contribution >= 4 is 23.1 Å². The van der Waals surface area contributed by atoms with E-state index in [0.29, 0.717) is 22.6 Å². The minimum absolute atomic E-state index is 0.168. The largest absolute Gasteiger partial charge is 0.497 e. The number of nitrogens with zero attached hydrogens (tertiary/aromatic N) is 1. The number of carbonyl (C=O) groups excluding carboxylic acids is 2. The van der Waals surface area contributed by atoms with Crippen LogP contribution in [0.4, 0.5) is 5.69 Å². The van der Waals surface area contributed by atoms with Crippen molar-refractivity contribution in [2.75, 3.05) is 19.5 Å². The topological polar surface area (TPSA) is 67.9 Å². The molecule has 1 aliphatic rings. The third-order valence-corrected chi connectivity index (χ3v) is 5.09. The fraction of sp³-hybridized carbons (Fsp3) is 0.120. The number of carbonyl (C=O) groups is 2. The highest BCUT2D eigenvalue weighted by Gasteiger charge is 2.39. The van der Waals surface area contributed by atoms with Crippen LogP contribution in [0.3, 0.4) is 0 Å². The Morgan fingerprint density at radius 3 is 1.90 bits per heavy atom. The quantitative estimate of drug-likeness (QED) is 0.590. The van der Waals surface area contributed by atoms with E-state index in [1.165, 1.54) is 4.90 Å². The molecule has 0 aromatic heterocycles. The Labute approximate surface area is 180 Å².